The molecule has 118 valence electrons. The van der Waals surface area contributed by atoms with Crippen LogP contribution < -0.4 is 5.32 Å². The molecule has 0 aromatic carbocycles. The fourth-order valence-electron chi connectivity index (χ4n) is 3.06. The highest BCUT2D eigenvalue weighted by Gasteiger charge is 2.21. The maximum atomic E-state index is 5.77. The molecule has 4 nitrogen and oxygen atoms in total. The van der Waals surface area contributed by atoms with Crippen LogP contribution in [-0.4, -0.2) is 51.2 Å². The molecule has 2 aliphatic rings. The van der Waals surface area contributed by atoms with Gasteiger partial charge in [-0.25, -0.2) is 0 Å². The van der Waals surface area contributed by atoms with Crippen LogP contribution in [0.5, 0.6) is 0 Å². The van der Waals surface area contributed by atoms with E-state index in [1.54, 1.807) is 0 Å². The Bertz CT molecular complexity index is 242. The van der Waals surface area contributed by atoms with Gasteiger partial charge in [-0.1, -0.05) is 13.3 Å². The smallest absolute Gasteiger partial charge is 0.0809 e. The predicted octanol–water partition coefficient (Wildman–Crippen LogP) is 2.51. The third-order valence-corrected chi connectivity index (χ3v) is 4.20. The van der Waals surface area contributed by atoms with Gasteiger partial charge in [0.15, 0.2) is 0 Å². The Kier molecular flexibility index (Phi) is 7.88. The molecule has 2 aliphatic heterocycles. The van der Waals surface area contributed by atoms with Gasteiger partial charge in [0.25, 0.3) is 0 Å². The minimum absolute atomic E-state index is 0.355. The van der Waals surface area contributed by atoms with Crippen LogP contribution in [0.4, 0.5) is 0 Å². The van der Waals surface area contributed by atoms with Crippen molar-refractivity contribution >= 4 is 0 Å². The zero-order chi connectivity index (χ0) is 14.0. The molecule has 0 aromatic heterocycles. The van der Waals surface area contributed by atoms with E-state index in [0.717, 1.165) is 45.8 Å². The first kappa shape index (κ1) is 16.2. The van der Waals surface area contributed by atoms with Crippen LogP contribution in [0.15, 0.2) is 0 Å². The average Bonchev–Trinajstić information content (AvgIpc) is 2.97. The quantitative estimate of drug-likeness (QED) is 0.661. The van der Waals surface area contributed by atoms with E-state index in [9.17, 15) is 0 Å². The summed E-state index contributed by atoms with van der Waals surface area (Å²) in [4.78, 5) is 0. The van der Waals surface area contributed by atoms with E-state index < -0.39 is 0 Å². The minimum Gasteiger partial charge on any atom is -0.379 e. The molecular formula is C16H31NO3. The van der Waals surface area contributed by atoms with E-state index >= 15 is 0 Å². The molecule has 3 unspecified atom stereocenters. The monoisotopic (exact) mass is 285 g/mol. The molecule has 0 aliphatic carbocycles. The lowest BCUT2D eigenvalue weighted by atomic mass is 10.00. The van der Waals surface area contributed by atoms with E-state index in [1.807, 2.05) is 0 Å². The average molecular weight is 285 g/mol. The second kappa shape index (κ2) is 9.72. The molecule has 2 fully saturated rings. The fraction of sp³-hybridized carbons (Fsp3) is 1.00. The number of hydrogen-bond donors (Lipinski definition) is 1. The van der Waals surface area contributed by atoms with Crippen LogP contribution in [0, 0.1) is 0 Å². The molecule has 0 amide bonds. The van der Waals surface area contributed by atoms with Gasteiger partial charge in [0.05, 0.1) is 18.8 Å². The summed E-state index contributed by atoms with van der Waals surface area (Å²) >= 11 is 0. The molecule has 0 saturated carbocycles. The van der Waals surface area contributed by atoms with Crippen molar-refractivity contribution in [2.75, 3.05) is 33.0 Å². The number of rotatable bonds is 9. The van der Waals surface area contributed by atoms with Gasteiger partial charge < -0.3 is 19.5 Å². The summed E-state index contributed by atoms with van der Waals surface area (Å²) in [5.74, 6) is 0. The van der Waals surface area contributed by atoms with Crippen molar-refractivity contribution < 1.29 is 14.2 Å². The van der Waals surface area contributed by atoms with Gasteiger partial charge in [-0.2, -0.15) is 0 Å². The molecule has 0 aromatic rings. The van der Waals surface area contributed by atoms with Crippen LogP contribution in [0.1, 0.15) is 51.9 Å². The first-order valence-corrected chi connectivity index (χ1v) is 8.42. The largest absolute Gasteiger partial charge is 0.379 e. The van der Waals surface area contributed by atoms with Gasteiger partial charge in [-0.05, 0) is 45.1 Å². The van der Waals surface area contributed by atoms with Crippen molar-refractivity contribution in [2.45, 2.75) is 70.1 Å². The lowest BCUT2D eigenvalue weighted by Crippen LogP contribution is -2.39. The first-order valence-electron chi connectivity index (χ1n) is 8.42. The molecule has 1 N–H and O–H groups in total. The molecule has 2 rings (SSSR count). The molecule has 20 heavy (non-hydrogen) atoms. The van der Waals surface area contributed by atoms with Crippen molar-refractivity contribution in [1.29, 1.82) is 0 Å². The van der Waals surface area contributed by atoms with E-state index in [0.29, 0.717) is 18.2 Å². The van der Waals surface area contributed by atoms with Crippen molar-refractivity contribution in [3.05, 3.63) is 0 Å². The van der Waals surface area contributed by atoms with Crippen molar-refractivity contribution in [3.8, 4) is 0 Å². The first-order chi connectivity index (χ1) is 9.88. The highest BCUT2D eigenvalue weighted by Crippen LogP contribution is 2.17. The third kappa shape index (κ3) is 6.08. The van der Waals surface area contributed by atoms with Crippen LogP contribution in [-0.2, 0) is 14.2 Å². The molecule has 0 bridgehead atoms. The van der Waals surface area contributed by atoms with Crippen LogP contribution >= 0.6 is 0 Å². The van der Waals surface area contributed by atoms with E-state index in [1.165, 1.54) is 32.1 Å². The minimum atomic E-state index is 0.355. The zero-order valence-electron chi connectivity index (χ0n) is 12.9. The van der Waals surface area contributed by atoms with Crippen molar-refractivity contribution in [2.24, 2.45) is 0 Å². The Morgan fingerprint density at radius 2 is 2.05 bits per heavy atom. The summed E-state index contributed by atoms with van der Waals surface area (Å²) in [6, 6.07) is 0.637. The van der Waals surface area contributed by atoms with Crippen LogP contribution in [0.25, 0.3) is 0 Å². The topological polar surface area (TPSA) is 39.7 Å². The Morgan fingerprint density at radius 3 is 2.85 bits per heavy atom. The third-order valence-electron chi connectivity index (χ3n) is 4.20. The second-order valence-corrected chi connectivity index (χ2v) is 6.02. The lowest BCUT2D eigenvalue weighted by Gasteiger charge is -2.30. The summed E-state index contributed by atoms with van der Waals surface area (Å²) < 4.78 is 17.0. The number of ether oxygens (including phenoxy) is 3. The number of hydrogen-bond acceptors (Lipinski definition) is 4. The molecule has 0 spiro atoms. The van der Waals surface area contributed by atoms with Gasteiger partial charge >= 0.3 is 0 Å². The lowest BCUT2D eigenvalue weighted by molar-refractivity contribution is -0.00434. The Hall–Kier alpha value is -0.160. The van der Waals surface area contributed by atoms with Gasteiger partial charge in [0.1, 0.15) is 0 Å². The molecule has 3 atom stereocenters. The summed E-state index contributed by atoms with van der Waals surface area (Å²) in [5, 5.41) is 3.65. The highest BCUT2D eigenvalue weighted by atomic mass is 16.5. The van der Waals surface area contributed by atoms with E-state index in [-0.39, 0.29) is 0 Å². The van der Waals surface area contributed by atoms with Gasteiger partial charge in [-0.3, -0.25) is 0 Å². The number of nitrogens with one attached hydrogen (secondary N) is 1. The predicted molar refractivity (Wildman–Crippen MR) is 80.1 cm³/mol. The van der Waals surface area contributed by atoms with Crippen LogP contribution in [0.3, 0.4) is 0 Å². The van der Waals surface area contributed by atoms with Crippen molar-refractivity contribution in [1.82, 2.24) is 5.32 Å². The van der Waals surface area contributed by atoms with E-state index in [4.69, 9.17) is 14.2 Å². The summed E-state index contributed by atoms with van der Waals surface area (Å²) in [6.07, 6.45) is 9.01. The molecule has 0 radical (unpaired) electrons. The fourth-order valence-corrected chi connectivity index (χ4v) is 3.06. The van der Waals surface area contributed by atoms with Gasteiger partial charge in [-0.15, -0.1) is 0 Å². The summed E-state index contributed by atoms with van der Waals surface area (Å²) in [7, 11) is 0. The Labute approximate surface area is 123 Å². The van der Waals surface area contributed by atoms with Gasteiger partial charge in [0, 0.05) is 25.9 Å². The molecule has 2 saturated heterocycles. The molecule has 2 heterocycles. The summed E-state index contributed by atoms with van der Waals surface area (Å²) in [5.41, 5.74) is 0. The Morgan fingerprint density at radius 1 is 1.15 bits per heavy atom. The molecular weight excluding hydrogens is 254 g/mol. The van der Waals surface area contributed by atoms with Crippen molar-refractivity contribution in [3.63, 3.8) is 0 Å². The maximum Gasteiger partial charge on any atom is 0.0809 e. The normalized spacial score (nSPS) is 30.8. The standard InChI is InChI=1S/C16H31NO3/c1-2-5-15-12-14(7-11-20-15)17-8-4-9-18-13-16-6-3-10-19-16/h14-17H,2-13H2,1H3. The second-order valence-electron chi connectivity index (χ2n) is 6.02. The Balaban J connectivity index is 1.44. The summed E-state index contributed by atoms with van der Waals surface area (Å²) in [6.45, 7) is 6.72. The SMILES string of the molecule is CCCC1CC(NCCCOCC2CCCO2)CCO1. The maximum absolute atomic E-state index is 5.77. The van der Waals surface area contributed by atoms with E-state index in [2.05, 4.69) is 12.2 Å². The zero-order valence-corrected chi connectivity index (χ0v) is 12.9. The van der Waals surface area contributed by atoms with Crippen LogP contribution in [0.2, 0.25) is 0 Å². The molecule has 4 heteroatoms. The van der Waals surface area contributed by atoms with Gasteiger partial charge in [0.2, 0.25) is 0 Å². The highest BCUT2D eigenvalue weighted by molar-refractivity contribution is 4.76.